The summed E-state index contributed by atoms with van der Waals surface area (Å²) < 4.78 is 6.68. The summed E-state index contributed by atoms with van der Waals surface area (Å²) in [5.41, 5.74) is 6.62. The number of halogens is 1. The monoisotopic (exact) mass is 730 g/mol. The molecule has 4 N–H and O–H groups in total. The van der Waals surface area contributed by atoms with Gasteiger partial charge < -0.3 is 35.9 Å². The highest BCUT2D eigenvalue weighted by Gasteiger charge is 2.37. The number of methoxy groups -OCH3 is 1. The summed E-state index contributed by atoms with van der Waals surface area (Å²) >= 11 is 3.64. The van der Waals surface area contributed by atoms with Crippen molar-refractivity contribution < 1.29 is 4.74 Å². The van der Waals surface area contributed by atoms with Crippen LogP contribution < -0.4 is 30.9 Å². The van der Waals surface area contributed by atoms with Crippen LogP contribution in [0.25, 0.3) is 16.6 Å². The zero-order chi connectivity index (χ0) is 33.8. The molecule has 2 fully saturated rings. The maximum Gasteiger partial charge on any atom is 0.229 e. The molecule has 1 spiro atoms. The van der Waals surface area contributed by atoms with Gasteiger partial charge in [0.05, 0.1) is 28.3 Å². The molecule has 0 atom stereocenters. The van der Waals surface area contributed by atoms with Crippen molar-refractivity contribution in [2.24, 2.45) is 5.41 Å². The van der Waals surface area contributed by atoms with E-state index in [-0.39, 0.29) is 0 Å². The van der Waals surface area contributed by atoms with Crippen LogP contribution in [0.4, 0.5) is 28.8 Å². The van der Waals surface area contributed by atoms with Gasteiger partial charge >= 0.3 is 0 Å². The summed E-state index contributed by atoms with van der Waals surface area (Å²) in [7, 11) is 5.27. The Hall–Kier alpha value is -3.86. The Kier molecular flexibility index (Phi) is 10.4. The van der Waals surface area contributed by atoms with Gasteiger partial charge in [-0.05, 0) is 98.7 Å². The lowest BCUT2D eigenvalue weighted by atomic mass is 9.71. The van der Waals surface area contributed by atoms with Crippen LogP contribution in [-0.4, -0.2) is 91.8 Å². The number of hydrogen-bond donors (Lipinski definition) is 4. The summed E-state index contributed by atoms with van der Waals surface area (Å²) in [6, 6.07) is 8.14. The molecular weight excluding hydrogens is 687 g/mol. The molecule has 0 unspecified atom stereocenters. The normalized spacial score (nSPS) is 16.7. The van der Waals surface area contributed by atoms with Crippen molar-refractivity contribution in [3.8, 4) is 5.75 Å². The summed E-state index contributed by atoms with van der Waals surface area (Å²) in [5.74, 6) is 1.71. The lowest BCUT2D eigenvalue weighted by Gasteiger charge is -2.47. The molecule has 11 nitrogen and oxygen atoms in total. The van der Waals surface area contributed by atoms with Crippen molar-refractivity contribution in [3.05, 3.63) is 59.1 Å². The molecule has 2 saturated heterocycles. The molecule has 0 aliphatic carbocycles. The van der Waals surface area contributed by atoms with Crippen molar-refractivity contribution in [3.63, 3.8) is 0 Å². The molecule has 13 heteroatoms. The maximum absolute atomic E-state index is 8.28. The number of fused-ring (bicyclic) bond motifs is 1. The first-order valence-corrected chi connectivity index (χ1v) is 19.3. The van der Waals surface area contributed by atoms with Gasteiger partial charge in [0.15, 0.2) is 0 Å². The molecule has 0 amide bonds. The fourth-order valence-corrected chi connectivity index (χ4v) is 8.33. The Labute approximate surface area is 292 Å². The van der Waals surface area contributed by atoms with Crippen LogP contribution in [0, 0.1) is 10.8 Å². The third-order valence-corrected chi connectivity index (χ3v) is 11.5. The third-order valence-electron chi connectivity index (χ3n) is 9.60. The van der Waals surface area contributed by atoms with Crippen molar-refractivity contribution in [2.45, 2.75) is 25.7 Å². The first-order chi connectivity index (χ1) is 23.2. The van der Waals surface area contributed by atoms with Gasteiger partial charge in [-0.1, -0.05) is 7.92 Å². The van der Waals surface area contributed by atoms with Gasteiger partial charge in [0.1, 0.15) is 11.6 Å². The average molecular weight is 732 g/mol. The minimum absolute atomic E-state index is 0.409. The molecule has 4 aromatic rings. The lowest BCUT2D eigenvalue weighted by Crippen LogP contribution is -2.46. The average Bonchev–Trinajstić information content (AvgIpc) is 3.10. The van der Waals surface area contributed by atoms with Crippen LogP contribution in [0.1, 0.15) is 31.2 Å². The number of ether oxygens (including phenoxy) is 1. The zero-order valence-electron chi connectivity index (χ0n) is 28.3. The second-order valence-corrected chi connectivity index (χ2v) is 15.9. The lowest BCUT2D eigenvalue weighted by molar-refractivity contribution is 0.0945. The van der Waals surface area contributed by atoms with E-state index in [9.17, 15) is 0 Å². The van der Waals surface area contributed by atoms with E-state index in [1.54, 1.807) is 25.7 Å². The Morgan fingerprint density at radius 2 is 1.73 bits per heavy atom. The van der Waals surface area contributed by atoms with E-state index in [4.69, 9.17) is 15.1 Å². The van der Waals surface area contributed by atoms with E-state index >= 15 is 0 Å². The van der Waals surface area contributed by atoms with Crippen molar-refractivity contribution in [1.29, 1.82) is 5.41 Å². The largest absolute Gasteiger partial charge is 0.494 e. The SMILES string of the molecule is CN/C=C(\C=N)c1cc(Nc2ncc(Br)c(Nc3ccc4nccnc4c3P(C)C)n2)c(OC)cc1N1CCC2(CCN(C)CC2)CC1. The number of piperidine rings is 2. The van der Waals surface area contributed by atoms with Crippen LogP contribution in [0.3, 0.4) is 0 Å². The summed E-state index contributed by atoms with van der Waals surface area (Å²) in [5, 5.41) is 19.5. The zero-order valence-corrected chi connectivity index (χ0v) is 30.8. The van der Waals surface area contributed by atoms with Gasteiger partial charge in [-0.25, -0.2) is 4.98 Å². The highest BCUT2D eigenvalue weighted by atomic mass is 79.9. The number of benzene rings is 2. The molecule has 0 radical (unpaired) electrons. The summed E-state index contributed by atoms with van der Waals surface area (Å²) in [4.78, 5) is 23.5. The number of anilines is 5. The van der Waals surface area contributed by atoms with Crippen LogP contribution in [0.15, 0.2) is 53.5 Å². The van der Waals surface area contributed by atoms with E-state index in [1.165, 1.54) is 45.0 Å². The van der Waals surface area contributed by atoms with Gasteiger partial charge in [0.25, 0.3) is 0 Å². The number of hydrogen-bond acceptors (Lipinski definition) is 11. The van der Waals surface area contributed by atoms with Crippen LogP contribution >= 0.6 is 23.9 Å². The van der Waals surface area contributed by atoms with Gasteiger partial charge in [0.2, 0.25) is 5.95 Å². The van der Waals surface area contributed by atoms with Gasteiger partial charge in [-0.2, -0.15) is 4.98 Å². The first-order valence-electron chi connectivity index (χ1n) is 16.3. The number of allylic oxidation sites excluding steroid dienone is 1. The van der Waals surface area contributed by atoms with Crippen LogP contribution in [0.2, 0.25) is 0 Å². The van der Waals surface area contributed by atoms with E-state index in [1.807, 2.05) is 31.4 Å². The van der Waals surface area contributed by atoms with E-state index in [2.05, 4.69) is 83.1 Å². The van der Waals surface area contributed by atoms with Gasteiger partial charge in [-0.3, -0.25) is 9.97 Å². The first kappa shape index (κ1) is 34.0. The number of nitrogens with zero attached hydrogens (tertiary/aromatic N) is 6. The van der Waals surface area contributed by atoms with Crippen molar-refractivity contribution in [2.75, 3.05) is 76.2 Å². The number of aromatic nitrogens is 4. The highest BCUT2D eigenvalue weighted by molar-refractivity contribution is 9.10. The molecule has 0 bridgehead atoms. The number of rotatable bonds is 10. The second-order valence-electron chi connectivity index (χ2n) is 12.8. The summed E-state index contributed by atoms with van der Waals surface area (Å²) in [6.07, 6.45) is 13.3. The molecule has 2 aromatic heterocycles. The minimum atomic E-state index is -0.498. The maximum atomic E-state index is 8.28. The van der Waals surface area contributed by atoms with E-state index < -0.39 is 7.92 Å². The highest BCUT2D eigenvalue weighted by Crippen LogP contribution is 2.45. The molecule has 2 aromatic carbocycles. The molecule has 2 aliphatic heterocycles. The minimum Gasteiger partial charge on any atom is -0.494 e. The Morgan fingerprint density at radius 1 is 1.00 bits per heavy atom. The van der Waals surface area contributed by atoms with Crippen molar-refractivity contribution in [1.82, 2.24) is 30.2 Å². The molecular formula is C35H44BrN10OP. The predicted octanol–water partition coefficient (Wildman–Crippen LogP) is 6.57. The van der Waals surface area contributed by atoms with E-state index in [0.717, 1.165) is 56.4 Å². The van der Waals surface area contributed by atoms with E-state index in [0.29, 0.717) is 28.6 Å². The topological polar surface area (TPSA) is 127 Å². The van der Waals surface area contributed by atoms with Crippen LogP contribution in [0.5, 0.6) is 5.75 Å². The standard InChI is InChI=1S/C35H44BrN10OP/c1-38-21-23(20-37)24-18-28(30(47-3)19-29(24)46-16-10-35(11-17-46)8-14-45(2)15-9-35)43-34-41-22-25(36)33(44-34)42-27-7-6-26-31(32(27)48(4)5)40-13-12-39-26/h6-7,12-13,18-22,37-38H,8-11,14-17H2,1-5H3,(H2,41,42,43,44)/b23-21+,37-20?. The molecule has 4 heterocycles. The number of nitrogens with one attached hydrogen (secondary N) is 4. The molecule has 0 saturated carbocycles. The number of likely N-dealkylation sites (tertiary alicyclic amines) is 1. The Balaban J connectivity index is 1.31. The van der Waals surface area contributed by atoms with Crippen LogP contribution in [-0.2, 0) is 0 Å². The van der Waals surface area contributed by atoms with Crippen molar-refractivity contribution >= 4 is 80.8 Å². The second kappa shape index (κ2) is 14.7. The fraction of sp³-hybridized carbons (Fsp3) is 0.400. The predicted molar refractivity (Wildman–Crippen MR) is 204 cm³/mol. The Morgan fingerprint density at radius 3 is 2.42 bits per heavy atom. The van der Waals surface area contributed by atoms with Gasteiger partial charge in [-0.15, -0.1) is 0 Å². The molecule has 2 aliphatic rings. The molecule has 252 valence electrons. The third kappa shape index (κ3) is 7.11. The van der Waals surface area contributed by atoms with Gasteiger partial charge in [0, 0.05) is 85.0 Å². The molecule has 48 heavy (non-hydrogen) atoms. The Bertz CT molecular complexity index is 1820. The summed E-state index contributed by atoms with van der Waals surface area (Å²) in [6.45, 7) is 8.72. The fourth-order valence-electron chi connectivity index (χ4n) is 6.83. The quantitative estimate of drug-likeness (QED) is 0.105. The molecule has 6 rings (SSSR count). The smallest absolute Gasteiger partial charge is 0.229 e.